The average Bonchev–Trinajstić information content (AvgIpc) is 3.65. The lowest BCUT2D eigenvalue weighted by atomic mass is 9.96. The Kier molecular flexibility index (Phi) is 5.43. The molecule has 0 amide bonds. The third kappa shape index (κ3) is 3.74. The number of hydrogen-bond donors (Lipinski definition) is 0. The molecular weight excluding hydrogens is 572 g/mol. The van der Waals surface area contributed by atoms with E-state index >= 15 is 0 Å². The Morgan fingerprint density at radius 2 is 1.19 bits per heavy atom. The maximum absolute atomic E-state index is 6.75. The lowest BCUT2D eigenvalue weighted by Gasteiger charge is -2.27. The molecule has 2 aromatic heterocycles. The van der Waals surface area contributed by atoms with Crippen LogP contribution in [0.3, 0.4) is 0 Å². The summed E-state index contributed by atoms with van der Waals surface area (Å²) in [6, 6.07) is 47.8. The van der Waals surface area contributed by atoms with Crippen molar-refractivity contribution in [2.75, 3.05) is 4.90 Å². The van der Waals surface area contributed by atoms with E-state index < -0.39 is 0 Å². The summed E-state index contributed by atoms with van der Waals surface area (Å²) in [4.78, 5) is 2.29. The first-order valence-electron chi connectivity index (χ1n) is 16.0. The third-order valence-corrected chi connectivity index (χ3v) is 9.67. The van der Waals surface area contributed by atoms with Crippen molar-refractivity contribution in [3.8, 4) is 5.69 Å². The van der Waals surface area contributed by atoms with E-state index in [2.05, 4.69) is 174 Å². The topological polar surface area (TPSA) is 21.3 Å². The van der Waals surface area contributed by atoms with E-state index in [1.54, 1.807) is 0 Å². The number of aromatic nitrogens is 1. The molecule has 0 spiro atoms. The molecule has 10 rings (SSSR count). The normalized spacial score (nSPS) is 14.7. The highest BCUT2D eigenvalue weighted by Gasteiger charge is 2.23. The number of rotatable bonds is 2. The predicted octanol–water partition coefficient (Wildman–Crippen LogP) is 12.2. The number of hydrogen-bond acceptors (Lipinski definition) is 2. The largest absolute Gasteiger partial charge is 0.455 e. The zero-order valence-electron chi connectivity index (χ0n) is 25.5. The van der Waals surface area contributed by atoms with Crippen LogP contribution in [0.15, 0.2) is 169 Å². The molecule has 0 saturated heterocycles. The van der Waals surface area contributed by atoms with Gasteiger partial charge in [-0.2, -0.15) is 0 Å². The summed E-state index contributed by atoms with van der Waals surface area (Å²) >= 11 is 0. The molecule has 0 N–H and O–H groups in total. The Morgan fingerprint density at radius 3 is 1.98 bits per heavy atom. The Hall–Kier alpha value is -6.32. The van der Waals surface area contributed by atoms with Gasteiger partial charge in [-0.1, -0.05) is 104 Å². The Balaban J connectivity index is 1.22. The number of fused-ring (bicyclic) bond motifs is 11. The smallest absolute Gasteiger partial charge is 0.145 e. The molecule has 220 valence electrons. The molecule has 0 bridgehead atoms. The highest BCUT2D eigenvalue weighted by atomic mass is 16.3. The average molecular weight is 601 g/mol. The highest BCUT2D eigenvalue weighted by molar-refractivity contribution is 6.16. The second kappa shape index (κ2) is 9.84. The van der Waals surface area contributed by atoms with Gasteiger partial charge in [0.05, 0.1) is 22.4 Å². The van der Waals surface area contributed by atoms with Gasteiger partial charge in [-0.3, -0.25) is 0 Å². The molecule has 7 aromatic carbocycles. The van der Waals surface area contributed by atoms with E-state index in [0.29, 0.717) is 0 Å². The molecular formula is C44H28N2O. The number of allylic oxidation sites excluding steroid dienone is 4. The van der Waals surface area contributed by atoms with Gasteiger partial charge in [0.1, 0.15) is 11.2 Å². The first-order chi connectivity index (χ1) is 23.2. The Labute approximate surface area is 271 Å². The van der Waals surface area contributed by atoms with E-state index in [0.717, 1.165) is 50.1 Å². The van der Waals surface area contributed by atoms with E-state index in [4.69, 9.17) is 4.42 Å². The fourth-order valence-electron chi connectivity index (χ4n) is 7.58. The molecule has 1 aliphatic heterocycles. The number of para-hydroxylation sites is 2. The Morgan fingerprint density at radius 1 is 0.511 bits per heavy atom. The SMILES string of the molecule is C=C1/C=C\C=C/N(c2cc3ccccc3c3ccccc23)c2ccc3c(oc4ccc(-n5c6ccccc6c6ccccc65)cc43)c21. The standard InChI is InChI=1S/C44H28N2O/c1-28-12-10-11-25-45(41-26-29-13-2-3-14-31(29)32-15-4-5-16-33(32)41)40-23-22-36-37-27-30(21-24-42(37)47-44(36)43(28)40)46-38-19-8-6-17-34(38)35-18-7-9-20-39(35)46/h2-27H,1H2/b12-10-,25-11-. The van der Waals surface area contributed by atoms with Crippen molar-refractivity contribution in [2.45, 2.75) is 0 Å². The second-order valence-electron chi connectivity index (χ2n) is 12.2. The number of benzene rings is 7. The highest BCUT2D eigenvalue weighted by Crippen LogP contribution is 2.45. The number of anilines is 2. The second-order valence-corrected chi connectivity index (χ2v) is 12.2. The van der Waals surface area contributed by atoms with Gasteiger partial charge in [0.15, 0.2) is 0 Å². The zero-order valence-corrected chi connectivity index (χ0v) is 25.5. The quantitative estimate of drug-likeness (QED) is 0.184. The summed E-state index contributed by atoms with van der Waals surface area (Å²) in [5.74, 6) is 0. The summed E-state index contributed by atoms with van der Waals surface area (Å²) in [5.41, 5.74) is 9.24. The summed E-state index contributed by atoms with van der Waals surface area (Å²) in [5, 5.41) is 9.53. The minimum Gasteiger partial charge on any atom is -0.455 e. The summed E-state index contributed by atoms with van der Waals surface area (Å²) in [6.07, 6.45) is 8.36. The molecule has 3 heteroatoms. The molecule has 0 saturated carbocycles. The molecule has 47 heavy (non-hydrogen) atoms. The molecule has 0 radical (unpaired) electrons. The van der Waals surface area contributed by atoms with Gasteiger partial charge in [0.2, 0.25) is 0 Å². The molecule has 3 heterocycles. The minimum absolute atomic E-state index is 0.844. The van der Waals surface area contributed by atoms with E-state index in [1.165, 1.54) is 43.4 Å². The molecule has 0 unspecified atom stereocenters. The third-order valence-electron chi connectivity index (χ3n) is 9.67. The van der Waals surface area contributed by atoms with Crippen molar-refractivity contribution in [3.05, 3.63) is 170 Å². The molecule has 1 aliphatic rings. The van der Waals surface area contributed by atoms with Gasteiger partial charge in [-0.25, -0.2) is 0 Å². The van der Waals surface area contributed by atoms with Crippen LogP contribution < -0.4 is 4.90 Å². The van der Waals surface area contributed by atoms with Gasteiger partial charge in [0.25, 0.3) is 0 Å². The van der Waals surface area contributed by atoms with E-state index in [-0.39, 0.29) is 0 Å². The van der Waals surface area contributed by atoms with Crippen molar-refractivity contribution in [1.82, 2.24) is 4.57 Å². The zero-order chi connectivity index (χ0) is 31.1. The van der Waals surface area contributed by atoms with Crippen molar-refractivity contribution < 1.29 is 4.42 Å². The summed E-state index contributed by atoms with van der Waals surface area (Å²) in [7, 11) is 0. The first kappa shape index (κ1) is 26.0. The molecule has 0 fully saturated rings. The van der Waals surface area contributed by atoms with Crippen molar-refractivity contribution >= 4 is 82.2 Å². The molecule has 9 aromatic rings. The Bertz CT molecular complexity index is 2770. The van der Waals surface area contributed by atoms with Crippen molar-refractivity contribution in [1.29, 1.82) is 0 Å². The van der Waals surface area contributed by atoms with Gasteiger partial charge in [0, 0.05) is 44.4 Å². The number of furan rings is 1. The predicted molar refractivity (Wildman–Crippen MR) is 199 cm³/mol. The van der Waals surface area contributed by atoms with Crippen LogP contribution in [-0.2, 0) is 0 Å². The lowest BCUT2D eigenvalue weighted by Crippen LogP contribution is -2.12. The van der Waals surface area contributed by atoms with Crippen LogP contribution in [0.25, 0.3) is 76.5 Å². The molecule has 0 aliphatic carbocycles. The fourth-order valence-corrected chi connectivity index (χ4v) is 7.58. The van der Waals surface area contributed by atoms with Gasteiger partial charge in [-0.05, 0) is 76.3 Å². The van der Waals surface area contributed by atoms with Crippen LogP contribution in [0.5, 0.6) is 0 Å². The van der Waals surface area contributed by atoms with Crippen LogP contribution in [0.2, 0.25) is 0 Å². The first-order valence-corrected chi connectivity index (χ1v) is 16.0. The van der Waals surface area contributed by atoms with Gasteiger partial charge in [-0.15, -0.1) is 0 Å². The lowest BCUT2D eigenvalue weighted by molar-refractivity contribution is 0.668. The van der Waals surface area contributed by atoms with Crippen LogP contribution in [0.1, 0.15) is 5.56 Å². The molecule has 0 atom stereocenters. The maximum Gasteiger partial charge on any atom is 0.145 e. The van der Waals surface area contributed by atoms with Crippen LogP contribution in [-0.4, -0.2) is 4.57 Å². The summed E-state index contributed by atoms with van der Waals surface area (Å²) < 4.78 is 9.11. The molecule has 3 nitrogen and oxygen atoms in total. The monoisotopic (exact) mass is 600 g/mol. The van der Waals surface area contributed by atoms with Crippen molar-refractivity contribution in [2.24, 2.45) is 0 Å². The van der Waals surface area contributed by atoms with E-state index in [9.17, 15) is 0 Å². The fraction of sp³-hybridized carbons (Fsp3) is 0. The van der Waals surface area contributed by atoms with Crippen LogP contribution >= 0.6 is 0 Å². The maximum atomic E-state index is 6.75. The summed E-state index contributed by atoms with van der Waals surface area (Å²) in [6.45, 7) is 4.53. The van der Waals surface area contributed by atoms with E-state index in [1.807, 2.05) is 0 Å². The minimum atomic E-state index is 0.844. The van der Waals surface area contributed by atoms with Crippen molar-refractivity contribution in [3.63, 3.8) is 0 Å². The van der Waals surface area contributed by atoms with Crippen LogP contribution in [0.4, 0.5) is 11.4 Å². The van der Waals surface area contributed by atoms with Gasteiger partial charge >= 0.3 is 0 Å². The number of nitrogens with zero attached hydrogens (tertiary/aromatic N) is 2. The van der Waals surface area contributed by atoms with Crippen LogP contribution in [0, 0.1) is 0 Å². The van der Waals surface area contributed by atoms with Gasteiger partial charge < -0.3 is 13.9 Å².